The minimum Gasteiger partial charge on any atom is -0.392 e. The maximum atomic E-state index is 13.2. The van der Waals surface area contributed by atoms with Crippen LogP contribution in [0.4, 0.5) is 0 Å². The van der Waals surface area contributed by atoms with Crippen molar-refractivity contribution in [2.75, 3.05) is 0 Å². The Morgan fingerprint density at radius 2 is 1.97 bits per heavy atom. The number of aliphatic hydroxyl groups excluding tert-OH is 3. The van der Waals surface area contributed by atoms with Gasteiger partial charge in [-0.15, -0.1) is 11.3 Å². The van der Waals surface area contributed by atoms with Crippen LogP contribution in [-0.4, -0.2) is 50.2 Å². The third-order valence-electron chi connectivity index (χ3n) is 7.25. The van der Waals surface area contributed by atoms with E-state index in [1.54, 1.807) is 20.8 Å². The fraction of sp³-hybridized carbons (Fsp3) is 0.667. The highest BCUT2D eigenvalue weighted by molar-refractivity contribution is 7.09. The van der Waals surface area contributed by atoms with Gasteiger partial charge in [0.1, 0.15) is 10.8 Å². The SMILES string of the molecule is C/C1=C/C[C@@H](/C(C)=C/c2csc(CO)n2)NC(=O)CC(O)C(C)(C)C(=O)C(C)[C@@H](O)C(C)CCC1. The van der Waals surface area contributed by atoms with Crippen LogP contribution in [-0.2, 0) is 16.2 Å². The highest BCUT2D eigenvalue weighted by atomic mass is 32.1. The number of carbonyl (C=O) groups is 2. The van der Waals surface area contributed by atoms with Crippen LogP contribution < -0.4 is 5.32 Å². The minimum atomic E-state index is -1.18. The van der Waals surface area contributed by atoms with E-state index in [0.717, 1.165) is 30.5 Å². The molecule has 0 spiro atoms. The van der Waals surface area contributed by atoms with Gasteiger partial charge in [0.05, 0.1) is 42.4 Å². The van der Waals surface area contributed by atoms with Gasteiger partial charge in [0.15, 0.2) is 0 Å². The van der Waals surface area contributed by atoms with Crippen LogP contribution in [0.1, 0.15) is 84.3 Å². The van der Waals surface area contributed by atoms with E-state index >= 15 is 0 Å². The quantitative estimate of drug-likeness (QED) is 0.460. The minimum absolute atomic E-state index is 0.0502. The molecule has 1 aromatic heterocycles. The number of aromatic nitrogens is 1. The summed E-state index contributed by atoms with van der Waals surface area (Å²) in [5.41, 5.74) is 1.67. The number of aliphatic hydroxyl groups is 3. The average molecular weight is 507 g/mol. The van der Waals surface area contributed by atoms with Crippen molar-refractivity contribution >= 4 is 29.1 Å². The first-order valence-corrected chi connectivity index (χ1v) is 13.3. The molecule has 1 aromatic rings. The molecular formula is C27H42N2O5S. The van der Waals surface area contributed by atoms with Gasteiger partial charge < -0.3 is 20.6 Å². The standard InChI is InChI=1S/C27H42N2O5S/c1-16-8-7-9-17(2)25(33)19(4)26(34)27(5,6)22(31)13-23(32)29-21(11-10-16)18(3)12-20-15-35-24(14-30)28-20/h10,12,15,17,19,21-22,25,30-31,33H,7-9,11,13-14H2,1-6H3,(H,29,32)/b16-10-,18-12+/t17?,19?,21-,22?,25-/m0/s1. The van der Waals surface area contributed by atoms with Gasteiger partial charge in [-0.25, -0.2) is 4.98 Å². The van der Waals surface area contributed by atoms with Crippen LogP contribution >= 0.6 is 11.3 Å². The average Bonchev–Trinajstić information content (AvgIpc) is 3.26. The molecule has 1 aliphatic rings. The summed E-state index contributed by atoms with van der Waals surface area (Å²) in [5.74, 6) is -1.27. The Kier molecular flexibility index (Phi) is 10.8. The smallest absolute Gasteiger partial charge is 0.223 e. The monoisotopic (exact) mass is 506 g/mol. The molecule has 196 valence electrons. The number of amides is 1. The fourth-order valence-corrected chi connectivity index (χ4v) is 5.14. The predicted octanol–water partition coefficient (Wildman–Crippen LogP) is 4.02. The van der Waals surface area contributed by atoms with E-state index in [-0.39, 0.29) is 36.7 Å². The Balaban J connectivity index is 2.33. The summed E-state index contributed by atoms with van der Waals surface area (Å²) < 4.78 is 0. The topological polar surface area (TPSA) is 120 Å². The normalized spacial score (nSPS) is 31.5. The van der Waals surface area contributed by atoms with E-state index in [0.29, 0.717) is 11.4 Å². The second-order valence-electron chi connectivity index (χ2n) is 10.6. The predicted molar refractivity (Wildman–Crippen MR) is 140 cm³/mol. The number of hydrogen-bond donors (Lipinski definition) is 4. The van der Waals surface area contributed by atoms with Gasteiger partial charge in [0, 0.05) is 11.3 Å². The molecule has 1 aliphatic heterocycles. The lowest BCUT2D eigenvalue weighted by Gasteiger charge is -2.34. The molecule has 0 bridgehead atoms. The molecule has 0 radical (unpaired) electrons. The van der Waals surface area contributed by atoms with E-state index in [1.807, 2.05) is 25.3 Å². The van der Waals surface area contributed by atoms with Crippen LogP contribution in [0.3, 0.4) is 0 Å². The Hall–Kier alpha value is -1.87. The van der Waals surface area contributed by atoms with E-state index in [9.17, 15) is 24.9 Å². The van der Waals surface area contributed by atoms with Crippen molar-refractivity contribution in [2.24, 2.45) is 17.3 Å². The molecule has 35 heavy (non-hydrogen) atoms. The Bertz CT molecular complexity index is 936. The summed E-state index contributed by atoms with van der Waals surface area (Å²) in [7, 11) is 0. The molecule has 4 N–H and O–H groups in total. The molecule has 7 nitrogen and oxygen atoms in total. The lowest BCUT2D eigenvalue weighted by Crippen LogP contribution is -2.47. The van der Waals surface area contributed by atoms with Gasteiger partial charge in [-0.05, 0) is 57.1 Å². The highest BCUT2D eigenvalue weighted by Crippen LogP contribution is 2.32. The fourth-order valence-electron chi connectivity index (χ4n) is 4.53. The molecule has 3 unspecified atom stereocenters. The Morgan fingerprint density at radius 1 is 1.29 bits per heavy atom. The number of rotatable bonds is 3. The zero-order chi connectivity index (χ0) is 26.3. The zero-order valence-corrected chi connectivity index (χ0v) is 22.7. The summed E-state index contributed by atoms with van der Waals surface area (Å²) in [6.45, 7) is 10.8. The van der Waals surface area contributed by atoms with Gasteiger partial charge >= 0.3 is 0 Å². The number of thiazole rings is 1. The molecule has 0 aliphatic carbocycles. The van der Waals surface area contributed by atoms with Crippen LogP contribution in [0.15, 0.2) is 22.6 Å². The number of Topliss-reactive ketones (excluding diaryl/α,β-unsaturated/α-hetero) is 1. The van der Waals surface area contributed by atoms with E-state index in [1.165, 1.54) is 16.9 Å². The molecular weight excluding hydrogens is 464 g/mol. The van der Waals surface area contributed by atoms with Gasteiger partial charge in [0.2, 0.25) is 5.91 Å². The molecule has 5 atom stereocenters. The number of ketones is 1. The number of allylic oxidation sites excluding steroid dienone is 1. The third-order valence-corrected chi connectivity index (χ3v) is 8.11. The highest BCUT2D eigenvalue weighted by Gasteiger charge is 2.42. The van der Waals surface area contributed by atoms with Crippen molar-refractivity contribution in [1.29, 1.82) is 0 Å². The van der Waals surface area contributed by atoms with Crippen molar-refractivity contribution in [1.82, 2.24) is 10.3 Å². The zero-order valence-electron chi connectivity index (χ0n) is 21.9. The second kappa shape index (κ2) is 12.9. The summed E-state index contributed by atoms with van der Waals surface area (Å²) in [6, 6.07) is -0.296. The summed E-state index contributed by atoms with van der Waals surface area (Å²) in [4.78, 5) is 30.5. The van der Waals surface area contributed by atoms with Crippen molar-refractivity contribution in [3.63, 3.8) is 0 Å². The van der Waals surface area contributed by atoms with Crippen molar-refractivity contribution < 1.29 is 24.9 Å². The molecule has 0 fully saturated rings. The van der Waals surface area contributed by atoms with E-state index in [2.05, 4.69) is 23.3 Å². The maximum Gasteiger partial charge on any atom is 0.223 e. The summed E-state index contributed by atoms with van der Waals surface area (Å²) in [6.07, 6.45) is 4.98. The molecule has 0 aromatic carbocycles. The largest absolute Gasteiger partial charge is 0.392 e. The number of carbonyl (C=O) groups excluding carboxylic acids is 2. The van der Waals surface area contributed by atoms with E-state index < -0.39 is 23.5 Å². The first-order chi connectivity index (χ1) is 16.4. The van der Waals surface area contributed by atoms with Crippen LogP contribution in [0.2, 0.25) is 0 Å². The second-order valence-corrected chi connectivity index (χ2v) is 11.5. The molecule has 2 heterocycles. The van der Waals surface area contributed by atoms with Crippen molar-refractivity contribution in [3.8, 4) is 0 Å². The van der Waals surface area contributed by atoms with Gasteiger partial charge in [-0.2, -0.15) is 0 Å². The van der Waals surface area contributed by atoms with Crippen LogP contribution in [0, 0.1) is 17.3 Å². The lowest BCUT2D eigenvalue weighted by atomic mass is 9.73. The first kappa shape index (κ1) is 29.4. The molecule has 0 saturated heterocycles. The molecule has 2 rings (SSSR count). The summed E-state index contributed by atoms with van der Waals surface area (Å²) in [5, 5.41) is 36.5. The van der Waals surface area contributed by atoms with Gasteiger partial charge in [-0.3, -0.25) is 9.59 Å². The number of hydrogen-bond acceptors (Lipinski definition) is 7. The van der Waals surface area contributed by atoms with Gasteiger partial charge in [0.25, 0.3) is 0 Å². The Labute approximate surface area is 213 Å². The van der Waals surface area contributed by atoms with Crippen molar-refractivity contribution in [3.05, 3.63) is 33.3 Å². The Morgan fingerprint density at radius 3 is 2.60 bits per heavy atom. The van der Waals surface area contributed by atoms with Crippen LogP contribution in [0.25, 0.3) is 6.08 Å². The first-order valence-electron chi connectivity index (χ1n) is 12.5. The number of nitrogens with zero attached hydrogens (tertiary/aromatic N) is 1. The van der Waals surface area contributed by atoms with Crippen LogP contribution in [0.5, 0.6) is 0 Å². The lowest BCUT2D eigenvalue weighted by molar-refractivity contribution is -0.143. The maximum absolute atomic E-state index is 13.2. The molecule has 1 amide bonds. The van der Waals surface area contributed by atoms with Crippen molar-refractivity contribution in [2.45, 2.75) is 98.5 Å². The van der Waals surface area contributed by atoms with E-state index in [4.69, 9.17) is 0 Å². The summed E-state index contributed by atoms with van der Waals surface area (Å²) >= 11 is 1.38. The molecule has 0 saturated carbocycles. The molecule has 8 heteroatoms. The third kappa shape index (κ3) is 8.07. The number of nitrogens with one attached hydrogen (secondary N) is 1. The van der Waals surface area contributed by atoms with Gasteiger partial charge in [-0.1, -0.05) is 39.3 Å².